The van der Waals surface area contributed by atoms with E-state index in [-0.39, 0.29) is 23.3 Å². The molecular formula is C18H38AlO2Zr. The SMILES string of the molecule is CCCCCCCCCCCCCCCCCC(=O)[O][Zr].[AlH3]. The molecule has 0 saturated heterocycles. The van der Waals surface area contributed by atoms with Gasteiger partial charge in [0.15, 0.2) is 17.4 Å². The molecule has 2 nitrogen and oxygen atoms in total. The maximum Gasteiger partial charge on any atom is 0.187 e. The van der Waals surface area contributed by atoms with Crippen LogP contribution in [0.4, 0.5) is 0 Å². The fraction of sp³-hybridized carbons (Fsp3) is 0.944. The summed E-state index contributed by atoms with van der Waals surface area (Å²) in [7, 11) is 0. The molecular weight excluding hydrogens is 366 g/mol. The molecule has 0 heterocycles. The average Bonchev–Trinajstić information content (AvgIpc) is 2.50. The van der Waals surface area contributed by atoms with Gasteiger partial charge in [-0.05, 0) is 0 Å². The molecule has 129 valence electrons. The molecule has 0 aliphatic carbocycles. The van der Waals surface area contributed by atoms with Gasteiger partial charge in [-0.25, -0.2) is 0 Å². The average molecular weight is 405 g/mol. The minimum absolute atomic E-state index is 0. The molecule has 0 spiro atoms. The number of carbonyl (C=O) groups is 1. The van der Waals surface area contributed by atoms with Crippen LogP contribution in [0.5, 0.6) is 0 Å². The van der Waals surface area contributed by atoms with Gasteiger partial charge in [-0.1, -0.05) is 45.4 Å². The topological polar surface area (TPSA) is 26.3 Å². The van der Waals surface area contributed by atoms with Crippen molar-refractivity contribution in [3.63, 3.8) is 0 Å². The third-order valence-electron chi connectivity index (χ3n) is 4.10. The second-order valence-electron chi connectivity index (χ2n) is 6.17. The molecule has 22 heavy (non-hydrogen) atoms. The Balaban J connectivity index is 0. The van der Waals surface area contributed by atoms with Crippen molar-refractivity contribution < 1.29 is 32.8 Å². The Kier molecular flexibility index (Phi) is 25.0. The number of unbranched alkanes of at least 4 members (excludes halogenated alkanes) is 14. The molecule has 4 heteroatoms. The number of hydrogen-bond acceptors (Lipinski definition) is 2. The van der Waals surface area contributed by atoms with E-state index in [1.54, 1.807) is 0 Å². The molecule has 0 rings (SSSR count). The Bertz CT molecular complexity index is 225. The fourth-order valence-corrected chi connectivity index (χ4v) is 2.94. The van der Waals surface area contributed by atoms with Crippen molar-refractivity contribution in [3.8, 4) is 0 Å². The van der Waals surface area contributed by atoms with E-state index in [4.69, 9.17) is 2.81 Å². The van der Waals surface area contributed by atoms with E-state index in [2.05, 4.69) is 6.92 Å². The molecule has 0 fully saturated rings. The first kappa shape index (κ1) is 25.1. The minimum Gasteiger partial charge on any atom is 0.187 e. The summed E-state index contributed by atoms with van der Waals surface area (Å²) in [6.07, 6.45) is 21.0. The van der Waals surface area contributed by atoms with Gasteiger partial charge in [-0.15, -0.1) is 0 Å². The van der Waals surface area contributed by atoms with Gasteiger partial charge in [-0.3, -0.25) is 0 Å². The van der Waals surface area contributed by atoms with Gasteiger partial charge in [0.05, 0.1) is 0 Å². The zero-order valence-corrected chi connectivity index (χ0v) is 16.6. The van der Waals surface area contributed by atoms with Crippen LogP contribution in [0.3, 0.4) is 0 Å². The first-order valence-electron chi connectivity index (χ1n) is 9.17. The normalized spacial score (nSPS) is 10.2. The van der Waals surface area contributed by atoms with Crippen molar-refractivity contribution in [2.24, 2.45) is 0 Å². The Morgan fingerprint density at radius 1 is 0.682 bits per heavy atom. The van der Waals surface area contributed by atoms with Gasteiger partial charge in [0.2, 0.25) is 0 Å². The predicted molar refractivity (Wildman–Crippen MR) is 95.6 cm³/mol. The van der Waals surface area contributed by atoms with Crippen LogP contribution >= 0.6 is 0 Å². The summed E-state index contributed by atoms with van der Waals surface area (Å²) in [5.41, 5.74) is 0. The van der Waals surface area contributed by atoms with E-state index in [1.165, 1.54) is 89.9 Å². The maximum absolute atomic E-state index is 10.9. The zero-order valence-electron chi connectivity index (χ0n) is 14.1. The Morgan fingerprint density at radius 3 is 1.32 bits per heavy atom. The second-order valence-corrected chi connectivity index (χ2v) is 6.68. The van der Waals surface area contributed by atoms with Crippen molar-refractivity contribution >= 4 is 23.3 Å². The van der Waals surface area contributed by atoms with Crippen molar-refractivity contribution in [2.75, 3.05) is 0 Å². The summed E-state index contributed by atoms with van der Waals surface area (Å²) >= 11 is 0.869. The van der Waals surface area contributed by atoms with E-state index < -0.39 is 0 Å². The van der Waals surface area contributed by atoms with Crippen LogP contribution in [0.1, 0.15) is 110 Å². The number of carbonyl (C=O) groups excluding carboxylic acids is 1. The standard InChI is InChI=1S/C18H36O2.Al.Zr.3H/c1-2-3-4-5-6-7-8-9-10-11-12-13-14-15-16-17-18(19)20;;;;;/h2-17H2,1H3,(H,19,20);;;;;/q;;+1;;;/p-1. The van der Waals surface area contributed by atoms with Gasteiger partial charge < -0.3 is 0 Å². The molecule has 0 aliphatic heterocycles. The van der Waals surface area contributed by atoms with E-state index in [0.717, 1.165) is 31.6 Å². The monoisotopic (exact) mass is 403 g/mol. The van der Waals surface area contributed by atoms with Crippen LogP contribution < -0.4 is 0 Å². The van der Waals surface area contributed by atoms with Crippen molar-refractivity contribution in [1.82, 2.24) is 0 Å². The zero-order chi connectivity index (χ0) is 15.6. The minimum atomic E-state index is -0.0251. The van der Waals surface area contributed by atoms with Crippen molar-refractivity contribution in [3.05, 3.63) is 0 Å². The van der Waals surface area contributed by atoms with Crippen LogP contribution in [-0.2, 0) is 32.8 Å². The summed E-state index contributed by atoms with van der Waals surface area (Å²) < 4.78 is 4.72. The molecule has 0 aromatic carbocycles. The van der Waals surface area contributed by atoms with Gasteiger partial charge >= 0.3 is 103 Å². The van der Waals surface area contributed by atoms with Crippen LogP contribution in [0, 0.1) is 0 Å². The summed E-state index contributed by atoms with van der Waals surface area (Å²) in [5.74, 6) is -0.0251. The molecule has 0 aromatic heterocycles. The first-order chi connectivity index (χ1) is 10.3. The number of rotatable bonds is 16. The van der Waals surface area contributed by atoms with Crippen molar-refractivity contribution in [2.45, 2.75) is 110 Å². The van der Waals surface area contributed by atoms with Gasteiger partial charge in [0.1, 0.15) is 0 Å². The Hall–Kier alpha value is 0.886. The molecule has 0 N–H and O–H groups in total. The summed E-state index contributed by atoms with van der Waals surface area (Å²) in [4.78, 5) is 10.9. The molecule has 0 aliphatic rings. The summed E-state index contributed by atoms with van der Waals surface area (Å²) in [5, 5.41) is 0. The largest absolute Gasteiger partial charge is 0.187 e. The predicted octanol–water partition coefficient (Wildman–Crippen LogP) is 5.07. The molecule has 0 aromatic rings. The third-order valence-corrected chi connectivity index (χ3v) is 4.66. The smallest absolute Gasteiger partial charge is 0.187 e. The number of hydrogen-bond donors (Lipinski definition) is 0. The van der Waals surface area contributed by atoms with Gasteiger partial charge in [0, 0.05) is 0 Å². The third kappa shape index (κ3) is 20.9. The van der Waals surface area contributed by atoms with Crippen LogP contribution in [-0.4, -0.2) is 23.3 Å². The maximum atomic E-state index is 10.9. The van der Waals surface area contributed by atoms with E-state index in [9.17, 15) is 4.79 Å². The van der Waals surface area contributed by atoms with Crippen LogP contribution in [0.2, 0.25) is 0 Å². The molecule has 0 unspecified atom stereocenters. The fourth-order valence-electron chi connectivity index (χ4n) is 2.69. The molecule has 0 radical (unpaired) electrons. The second kappa shape index (κ2) is 21.9. The summed E-state index contributed by atoms with van der Waals surface area (Å²) in [6.45, 7) is 2.28. The van der Waals surface area contributed by atoms with E-state index in [0.29, 0.717) is 6.42 Å². The molecule has 0 amide bonds. The molecule has 0 saturated carbocycles. The Morgan fingerprint density at radius 2 is 1.00 bits per heavy atom. The summed E-state index contributed by atoms with van der Waals surface area (Å²) in [6, 6.07) is 0. The Labute approximate surface area is 165 Å². The van der Waals surface area contributed by atoms with E-state index in [1.807, 2.05) is 0 Å². The molecule has 0 atom stereocenters. The first-order valence-corrected chi connectivity index (χ1v) is 10.2. The quantitative estimate of drug-likeness (QED) is 0.265. The van der Waals surface area contributed by atoms with Crippen LogP contribution in [0.25, 0.3) is 0 Å². The van der Waals surface area contributed by atoms with Crippen molar-refractivity contribution in [1.29, 1.82) is 0 Å². The van der Waals surface area contributed by atoms with E-state index >= 15 is 0 Å². The molecule has 0 bridgehead atoms. The van der Waals surface area contributed by atoms with Gasteiger partial charge in [-0.2, -0.15) is 0 Å². The van der Waals surface area contributed by atoms with Crippen LogP contribution in [0.15, 0.2) is 0 Å². The van der Waals surface area contributed by atoms with Gasteiger partial charge in [0.25, 0.3) is 0 Å².